The van der Waals surface area contributed by atoms with Crippen molar-refractivity contribution in [2.45, 2.75) is 160 Å². The zero-order valence-corrected chi connectivity index (χ0v) is 33.1. The largest absolute Gasteiger partial charge is 0.507 e. The normalized spacial score (nSPS) is 29.5. The fraction of sp³-hybridized carbons (Fsp3) is 0.659. The van der Waals surface area contributed by atoms with E-state index in [9.17, 15) is 19.8 Å². The molecule has 3 fully saturated rings. The topological polar surface area (TPSA) is 160 Å². The smallest absolute Gasteiger partial charge is 0.412 e. The molecular formula is C41H58ClNO12. The molecule has 5 rings (SSSR count). The van der Waals surface area contributed by atoms with Gasteiger partial charge in [-0.3, -0.25) is 4.79 Å². The Morgan fingerprint density at radius 1 is 0.836 bits per heavy atom. The molecule has 2 aromatic carbocycles. The standard InChI is InChI=1S/C41H58ClNO12/c1-5-11-38-49-29(19-27(45)18-25(3)48-26(4)44)21-30(50-38)22-32-24-33(53-39(52-32)34-12-7-9-14-36(34)46)23-31-20-28(6-2)51-40(54-31)35-13-8-10-15-37(35)55-41(47)43-17-16-42/h7-10,12-15,25,27-33,38-40,45-46H,5-6,11,16-24H2,1-4H3,(H,43,47). The minimum absolute atomic E-state index is 0.0781. The lowest BCUT2D eigenvalue weighted by molar-refractivity contribution is -0.288. The second-order valence-electron chi connectivity index (χ2n) is 14.7. The fourth-order valence-electron chi connectivity index (χ4n) is 7.57. The van der Waals surface area contributed by atoms with E-state index in [0.717, 1.165) is 12.8 Å². The molecule has 11 atom stereocenters. The molecule has 0 aromatic heterocycles. The number of aliphatic hydroxyl groups excluding tert-OH is 1. The van der Waals surface area contributed by atoms with E-state index >= 15 is 0 Å². The summed E-state index contributed by atoms with van der Waals surface area (Å²) in [5.74, 6) is 0.293. The number of amides is 1. The Bertz CT molecular complexity index is 1500. The van der Waals surface area contributed by atoms with Gasteiger partial charge in [-0.25, -0.2) is 4.79 Å². The van der Waals surface area contributed by atoms with Crippen LogP contribution in [0.2, 0.25) is 0 Å². The summed E-state index contributed by atoms with van der Waals surface area (Å²) in [4.78, 5) is 23.8. The quantitative estimate of drug-likeness (QED) is 0.108. The molecule has 55 heavy (non-hydrogen) atoms. The third-order valence-electron chi connectivity index (χ3n) is 10.00. The van der Waals surface area contributed by atoms with E-state index < -0.39 is 37.2 Å². The summed E-state index contributed by atoms with van der Waals surface area (Å²) in [5, 5.41) is 24.3. The Morgan fingerprint density at radius 3 is 2.04 bits per heavy atom. The number of hydrogen-bond acceptors (Lipinski definition) is 12. The lowest BCUT2D eigenvalue weighted by Crippen LogP contribution is -2.44. The summed E-state index contributed by atoms with van der Waals surface area (Å²) in [7, 11) is 0. The van der Waals surface area contributed by atoms with Gasteiger partial charge in [-0.1, -0.05) is 56.7 Å². The molecule has 306 valence electrons. The van der Waals surface area contributed by atoms with Gasteiger partial charge in [0.05, 0.1) is 48.3 Å². The predicted octanol–water partition coefficient (Wildman–Crippen LogP) is 7.35. The highest BCUT2D eigenvalue weighted by Gasteiger charge is 2.40. The maximum atomic E-state index is 12.4. The van der Waals surface area contributed by atoms with E-state index in [4.69, 9.17) is 49.5 Å². The number of para-hydroxylation sites is 2. The molecule has 2 aromatic rings. The second-order valence-corrected chi connectivity index (χ2v) is 15.0. The number of alkyl halides is 1. The molecule has 3 N–H and O–H groups in total. The number of halogens is 1. The Kier molecular flexibility index (Phi) is 16.9. The summed E-state index contributed by atoms with van der Waals surface area (Å²) in [6.45, 7) is 7.53. The average molecular weight is 792 g/mol. The number of phenols is 1. The van der Waals surface area contributed by atoms with Crippen molar-refractivity contribution in [3.8, 4) is 11.5 Å². The van der Waals surface area contributed by atoms with Crippen LogP contribution in [0.4, 0.5) is 4.79 Å². The van der Waals surface area contributed by atoms with Gasteiger partial charge in [0.1, 0.15) is 17.6 Å². The second kappa shape index (κ2) is 21.5. The lowest BCUT2D eigenvalue weighted by Gasteiger charge is -2.42. The zero-order chi connectivity index (χ0) is 39.3. The van der Waals surface area contributed by atoms with Gasteiger partial charge in [0.25, 0.3) is 0 Å². The van der Waals surface area contributed by atoms with Gasteiger partial charge < -0.3 is 53.4 Å². The van der Waals surface area contributed by atoms with Crippen LogP contribution >= 0.6 is 11.6 Å². The van der Waals surface area contributed by atoms with Crippen LogP contribution in [0.3, 0.4) is 0 Å². The molecule has 3 aliphatic rings. The number of ether oxygens (including phenoxy) is 8. The van der Waals surface area contributed by atoms with Crippen LogP contribution in [0.15, 0.2) is 48.5 Å². The Hall–Kier alpha value is -3.01. The van der Waals surface area contributed by atoms with Crippen LogP contribution in [0.1, 0.15) is 116 Å². The van der Waals surface area contributed by atoms with Crippen molar-refractivity contribution in [2.24, 2.45) is 0 Å². The first kappa shape index (κ1) is 43.1. The number of carbonyl (C=O) groups excluding carboxylic acids is 2. The first-order chi connectivity index (χ1) is 26.5. The molecule has 0 aliphatic carbocycles. The molecule has 1 amide bonds. The van der Waals surface area contributed by atoms with E-state index in [0.29, 0.717) is 68.2 Å². The predicted molar refractivity (Wildman–Crippen MR) is 203 cm³/mol. The van der Waals surface area contributed by atoms with Gasteiger partial charge >= 0.3 is 12.1 Å². The molecule has 0 radical (unpaired) electrons. The Balaban J connectivity index is 1.30. The number of aromatic hydroxyl groups is 1. The molecule has 0 saturated carbocycles. The molecular weight excluding hydrogens is 734 g/mol. The minimum Gasteiger partial charge on any atom is -0.507 e. The first-order valence-corrected chi connectivity index (χ1v) is 20.2. The molecule has 0 spiro atoms. The van der Waals surface area contributed by atoms with E-state index in [1.807, 2.05) is 18.2 Å². The van der Waals surface area contributed by atoms with Crippen LogP contribution in [0.5, 0.6) is 11.5 Å². The van der Waals surface area contributed by atoms with Gasteiger partial charge in [-0.15, -0.1) is 11.6 Å². The maximum absolute atomic E-state index is 12.4. The SMILES string of the molecule is CCCC1OC(CC(O)CC(C)OC(C)=O)CC(CC2CC(CC3CC(CC)OC(c4ccccc4OC(=O)NCCCl)O3)OC(c3ccccc3O)O2)O1. The number of nitrogens with one attached hydrogen (secondary N) is 1. The molecule has 3 heterocycles. The number of phenolic OH excluding ortho intramolecular Hbond substituents is 1. The van der Waals surface area contributed by atoms with E-state index in [-0.39, 0.29) is 60.8 Å². The summed E-state index contributed by atoms with van der Waals surface area (Å²) < 4.78 is 49.6. The van der Waals surface area contributed by atoms with E-state index in [1.165, 1.54) is 6.92 Å². The van der Waals surface area contributed by atoms with Crippen molar-refractivity contribution in [3.63, 3.8) is 0 Å². The van der Waals surface area contributed by atoms with Crippen molar-refractivity contribution >= 4 is 23.7 Å². The monoisotopic (exact) mass is 791 g/mol. The number of carbonyl (C=O) groups is 2. The number of esters is 1. The average Bonchev–Trinajstić information content (AvgIpc) is 3.13. The van der Waals surface area contributed by atoms with Crippen molar-refractivity contribution in [3.05, 3.63) is 59.7 Å². The summed E-state index contributed by atoms with van der Waals surface area (Å²) in [5.41, 5.74) is 1.14. The van der Waals surface area contributed by atoms with Crippen LogP contribution in [0.25, 0.3) is 0 Å². The van der Waals surface area contributed by atoms with Crippen molar-refractivity contribution in [2.75, 3.05) is 12.4 Å². The van der Waals surface area contributed by atoms with E-state index in [1.54, 1.807) is 37.3 Å². The summed E-state index contributed by atoms with van der Waals surface area (Å²) >= 11 is 5.73. The highest BCUT2D eigenvalue weighted by atomic mass is 35.5. The highest BCUT2D eigenvalue weighted by molar-refractivity contribution is 6.18. The molecule has 0 bridgehead atoms. The number of hydrogen-bond donors (Lipinski definition) is 3. The third-order valence-corrected chi connectivity index (χ3v) is 10.2. The minimum atomic E-state index is -0.824. The molecule has 11 unspecified atom stereocenters. The Labute approximate surface area is 329 Å². The fourth-order valence-corrected chi connectivity index (χ4v) is 7.66. The van der Waals surface area contributed by atoms with Gasteiger partial charge in [0.15, 0.2) is 18.9 Å². The number of benzene rings is 2. The number of aliphatic hydroxyl groups is 1. The van der Waals surface area contributed by atoms with Gasteiger partial charge in [-0.05, 0) is 38.3 Å². The lowest BCUT2D eigenvalue weighted by atomic mass is 9.93. The summed E-state index contributed by atoms with van der Waals surface area (Å²) in [6, 6.07) is 14.2. The molecule has 3 saturated heterocycles. The zero-order valence-electron chi connectivity index (χ0n) is 32.3. The molecule has 13 nitrogen and oxygen atoms in total. The van der Waals surface area contributed by atoms with Gasteiger partial charge in [-0.2, -0.15) is 0 Å². The van der Waals surface area contributed by atoms with Crippen molar-refractivity contribution in [1.82, 2.24) is 5.32 Å². The van der Waals surface area contributed by atoms with Crippen molar-refractivity contribution in [1.29, 1.82) is 0 Å². The first-order valence-electron chi connectivity index (χ1n) is 19.7. The Morgan fingerprint density at radius 2 is 1.40 bits per heavy atom. The van der Waals surface area contributed by atoms with Crippen LogP contribution in [0, 0.1) is 0 Å². The van der Waals surface area contributed by atoms with Crippen LogP contribution in [-0.2, 0) is 38.0 Å². The number of rotatable bonds is 17. The van der Waals surface area contributed by atoms with Crippen LogP contribution in [-0.4, -0.2) is 89.8 Å². The van der Waals surface area contributed by atoms with Gasteiger partial charge in [0.2, 0.25) is 0 Å². The van der Waals surface area contributed by atoms with E-state index in [2.05, 4.69) is 19.2 Å². The van der Waals surface area contributed by atoms with Crippen LogP contribution < -0.4 is 10.1 Å². The summed E-state index contributed by atoms with van der Waals surface area (Å²) in [6.07, 6.45) is 0.665. The van der Waals surface area contributed by atoms with Crippen molar-refractivity contribution < 1.29 is 57.7 Å². The third kappa shape index (κ3) is 13.3. The highest BCUT2D eigenvalue weighted by Crippen LogP contribution is 2.42. The molecule has 3 aliphatic heterocycles. The maximum Gasteiger partial charge on any atom is 0.412 e. The van der Waals surface area contributed by atoms with Gasteiger partial charge in [0, 0.05) is 63.4 Å². The molecule has 14 heteroatoms.